The van der Waals surface area contributed by atoms with E-state index >= 15 is 0 Å². The molecule has 5 heteroatoms. The second kappa shape index (κ2) is 5.84. The number of ether oxygens (including phenoxy) is 1. The minimum Gasteiger partial charge on any atom is -0.374 e. The summed E-state index contributed by atoms with van der Waals surface area (Å²) < 4.78 is 20.0. The summed E-state index contributed by atoms with van der Waals surface area (Å²) in [5.74, 6) is 2.17. The molecule has 110 valence electrons. The molecular formula is C15H19ClFNOS. The van der Waals surface area contributed by atoms with E-state index < -0.39 is 0 Å². The zero-order valence-corrected chi connectivity index (χ0v) is 12.9. The quantitative estimate of drug-likeness (QED) is 0.902. The van der Waals surface area contributed by atoms with Gasteiger partial charge in [0.05, 0.1) is 5.60 Å². The van der Waals surface area contributed by atoms with Gasteiger partial charge in [-0.1, -0.05) is 17.7 Å². The number of halogens is 2. The van der Waals surface area contributed by atoms with Crippen molar-refractivity contribution in [3.05, 3.63) is 34.6 Å². The average Bonchev–Trinajstić information content (AvgIpc) is 2.86. The van der Waals surface area contributed by atoms with Crippen LogP contribution in [0.25, 0.3) is 0 Å². The van der Waals surface area contributed by atoms with E-state index in [9.17, 15) is 4.39 Å². The molecule has 0 radical (unpaired) electrons. The molecule has 3 rings (SSSR count). The van der Waals surface area contributed by atoms with E-state index in [0.717, 1.165) is 37.4 Å². The Balaban J connectivity index is 1.77. The van der Waals surface area contributed by atoms with Crippen LogP contribution in [0.2, 0.25) is 5.02 Å². The molecule has 0 aliphatic carbocycles. The largest absolute Gasteiger partial charge is 0.374 e. The molecular weight excluding hydrogens is 297 g/mol. The Hall–Kier alpha value is -0.290. The first kappa shape index (κ1) is 14.6. The molecule has 2 aliphatic rings. The van der Waals surface area contributed by atoms with Crippen LogP contribution in [0.5, 0.6) is 0 Å². The van der Waals surface area contributed by atoms with Crippen molar-refractivity contribution in [2.45, 2.75) is 30.9 Å². The number of thioether (sulfide) groups is 1. The van der Waals surface area contributed by atoms with Crippen LogP contribution in [-0.4, -0.2) is 23.7 Å². The first-order valence-electron chi connectivity index (χ1n) is 7.02. The molecule has 3 unspecified atom stereocenters. The van der Waals surface area contributed by atoms with Gasteiger partial charge in [-0.2, -0.15) is 11.8 Å². The zero-order chi connectivity index (χ0) is 14.2. The standard InChI is InChI=1S/C15H19ClFNOS/c16-11-1-2-12(13(17)7-11)14(18)10-3-5-19-15(8-10)4-6-20-9-15/h1-2,7,10,14H,3-6,8-9,18H2. The van der Waals surface area contributed by atoms with Gasteiger partial charge in [-0.25, -0.2) is 4.39 Å². The van der Waals surface area contributed by atoms with E-state index in [1.807, 2.05) is 11.8 Å². The Labute approximate surface area is 128 Å². The minimum absolute atomic E-state index is 0.0197. The summed E-state index contributed by atoms with van der Waals surface area (Å²) in [7, 11) is 0. The fourth-order valence-corrected chi connectivity index (χ4v) is 4.80. The maximum atomic E-state index is 14.0. The van der Waals surface area contributed by atoms with Gasteiger partial charge in [-0.05, 0) is 43.1 Å². The monoisotopic (exact) mass is 315 g/mol. The van der Waals surface area contributed by atoms with Crippen LogP contribution >= 0.6 is 23.4 Å². The van der Waals surface area contributed by atoms with Gasteiger partial charge >= 0.3 is 0 Å². The van der Waals surface area contributed by atoms with Gasteiger partial charge in [-0.3, -0.25) is 0 Å². The molecule has 20 heavy (non-hydrogen) atoms. The van der Waals surface area contributed by atoms with Gasteiger partial charge < -0.3 is 10.5 Å². The van der Waals surface area contributed by atoms with Crippen molar-refractivity contribution in [1.82, 2.24) is 0 Å². The molecule has 3 atom stereocenters. The van der Waals surface area contributed by atoms with Gasteiger partial charge in [-0.15, -0.1) is 0 Å². The third-order valence-corrected chi connectivity index (χ3v) is 5.89. The highest BCUT2D eigenvalue weighted by Crippen LogP contribution is 2.43. The average molecular weight is 316 g/mol. The van der Waals surface area contributed by atoms with Crippen LogP contribution in [0, 0.1) is 11.7 Å². The highest BCUT2D eigenvalue weighted by molar-refractivity contribution is 7.99. The molecule has 1 aromatic carbocycles. The third kappa shape index (κ3) is 2.84. The fourth-order valence-electron chi connectivity index (χ4n) is 3.26. The van der Waals surface area contributed by atoms with E-state index in [1.165, 1.54) is 6.07 Å². The van der Waals surface area contributed by atoms with Crippen LogP contribution in [0.15, 0.2) is 18.2 Å². The Morgan fingerprint density at radius 3 is 3.05 bits per heavy atom. The molecule has 2 aliphatic heterocycles. The summed E-state index contributed by atoms with van der Waals surface area (Å²) in [6, 6.07) is 4.49. The number of hydrogen-bond acceptors (Lipinski definition) is 3. The van der Waals surface area contributed by atoms with Crippen LogP contribution in [-0.2, 0) is 4.74 Å². The van der Waals surface area contributed by atoms with E-state index in [4.69, 9.17) is 22.1 Å². The van der Waals surface area contributed by atoms with E-state index in [1.54, 1.807) is 12.1 Å². The lowest BCUT2D eigenvalue weighted by molar-refractivity contribution is -0.0835. The lowest BCUT2D eigenvalue weighted by Gasteiger charge is -2.40. The molecule has 0 saturated carbocycles. The number of hydrogen-bond donors (Lipinski definition) is 1. The summed E-state index contributed by atoms with van der Waals surface area (Å²) in [5.41, 5.74) is 6.88. The van der Waals surface area contributed by atoms with Crippen LogP contribution in [0.1, 0.15) is 30.9 Å². The normalized spacial score (nSPS) is 31.6. The Kier molecular flexibility index (Phi) is 4.27. The van der Waals surface area contributed by atoms with E-state index in [-0.39, 0.29) is 23.4 Å². The Morgan fingerprint density at radius 2 is 2.35 bits per heavy atom. The molecule has 2 N–H and O–H groups in total. The molecule has 2 saturated heterocycles. The maximum absolute atomic E-state index is 14.0. The van der Waals surface area contributed by atoms with Gasteiger partial charge in [0.1, 0.15) is 5.82 Å². The first-order valence-corrected chi connectivity index (χ1v) is 8.55. The van der Waals surface area contributed by atoms with Crippen molar-refractivity contribution in [2.75, 3.05) is 18.1 Å². The second-order valence-corrected chi connectivity index (χ2v) is 7.32. The summed E-state index contributed by atoms with van der Waals surface area (Å²) in [6.45, 7) is 0.730. The van der Waals surface area contributed by atoms with Crippen molar-refractivity contribution in [2.24, 2.45) is 11.7 Å². The fraction of sp³-hybridized carbons (Fsp3) is 0.600. The van der Waals surface area contributed by atoms with E-state index in [0.29, 0.717) is 10.6 Å². The maximum Gasteiger partial charge on any atom is 0.129 e. The van der Waals surface area contributed by atoms with Crippen LogP contribution < -0.4 is 5.73 Å². The second-order valence-electron chi connectivity index (χ2n) is 5.78. The lowest BCUT2D eigenvalue weighted by Crippen LogP contribution is -2.42. The molecule has 2 heterocycles. The molecule has 1 spiro atoms. The Morgan fingerprint density at radius 1 is 1.50 bits per heavy atom. The minimum atomic E-state index is -0.300. The number of benzene rings is 1. The van der Waals surface area contributed by atoms with Crippen LogP contribution in [0.3, 0.4) is 0 Å². The molecule has 1 aromatic rings. The molecule has 2 nitrogen and oxygen atoms in total. The van der Waals surface area contributed by atoms with Crippen molar-refractivity contribution < 1.29 is 9.13 Å². The van der Waals surface area contributed by atoms with Crippen molar-refractivity contribution >= 4 is 23.4 Å². The third-order valence-electron chi connectivity index (χ3n) is 4.43. The molecule has 0 bridgehead atoms. The van der Waals surface area contributed by atoms with Gasteiger partial charge in [0.2, 0.25) is 0 Å². The first-order chi connectivity index (χ1) is 9.60. The predicted octanol–water partition coefficient (Wildman–Crippen LogP) is 3.78. The molecule has 2 fully saturated rings. The molecule has 0 aromatic heterocycles. The van der Waals surface area contributed by atoms with Gasteiger partial charge in [0.25, 0.3) is 0 Å². The van der Waals surface area contributed by atoms with Crippen molar-refractivity contribution in [1.29, 1.82) is 0 Å². The van der Waals surface area contributed by atoms with Gasteiger partial charge in [0, 0.05) is 29.0 Å². The summed E-state index contributed by atoms with van der Waals surface area (Å²) in [4.78, 5) is 0. The predicted molar refractivity (Wildman–Crippen MR) is 81.7 cm³/mol. The highest BCUT2D eigenvalue weighted by Gasteiger charge is 2.42. The summed E-state index contributed by atoms with van der Waals surface area (Å²) in [6.07, 6.45) is 2.92. The van der Waals surface area contributed by atoms with Crippen molar-refractivity contribution in [3.8, 4) is 0 Å². The number of rotatable bonds is 2. The molecule has 0 amide bonds. The zero-order valence-electron chi connectivity index (χ0n) is 11.3. The summed E-state index contributed by atoms with van der Waals surface area (Å²) >= 11 is 7.74. The SMILES string of the molecule is NC(c1ccc(Cl)cc1F)C1CCOC2(CCSC2)C1. The van der Waals surface area contributed by atoms with E-state index in [2.05, 4.69) is 0 Å². The Bertz CT molecular complexity index is 493. The van der Waals surface area contributed by atoms with Crippen molar-refractivity contribution in [3.63, 3.8) is 0 Å². The smallest absolute Gasteiger partial charge is 0.129 e. The van der Waals surface area contributed by atoms with Gasteiger partial charge in [0.15, 0.2) is 0 Å². The highest BCUT2D eigenvalue weighted by atomic mass is 35.5. The lowest BCUT2D eigenvalue weighted by atomic mass is 9.79. The summed E-state index contributed by atoms with van der Waals surface area (Å²) in [5, 5.41) is 0.411. The van der Waals surface area contributed by atoms with Crippen LogP contribution in [0.4, 0.5) is 4.39 Å². The topological polar surface area (TPSA) is 35.2 Å². The number of nitrogens with two attached hydrogens (primary N) is 1.